The lowest BCUT2D eigenvalue weighted by molar-refractivity contribution is -0.141. The lowest BCUT2D eigenvalue weighted by atomic mass is 10.0. The molecule has 0 amide bonds. The van der Waals surface area contributed by atoms with Gasteiger partial charge in [0.15, 0.2) is 0 Å². The fraction of sp³-hybridized carbons (Fsp3) is 0.167. The van der Waals surface area contributed by atoms with Crippen molar-refractivity contribution in [3.8, 4) is 5.75 Å². The summed E-state index contributed by atoms with van der Waals surface area (Å²) in [5, 5.41) is 30.1. The molecule has 0 aliphatic carbocycles. The van der Waals surface area contributed by atoms with Crippen LogP contribution in [0, 0.1) is 6.92 Å². The smallest absolute Gasteiger partial charge is 0.433 e. The van der Waals surface area contributed by atoms with Gasteiger partial charge in [0.1, 0.15) is 23.4 Å². The number of aliphatic hydroxyl groups is 1. The van der Waals surface area contributed by atoms with Gasteiger partial charge in [-0.3, -0.25) is 9.40 Å². The second-order valence-corrected chi connectivity index (χ2v) is 10.3. The quantitative estimate of drug-likeness (QED) is 0.308. The molecule has 1 aliphatic heterocycles. The Balaban J connectivity index is 1.67. The fourth-order valence-corrected chi connectivity index (χ4v) is 5.44. The number of aliphatic hydroxyl groups excluding tert-OH is 1. The molecule has 0 fully saturated rings. The van der Waals surface area contributed by atoms with Crippen LogP contribution in [0.2, 0.25) is 0 Å². The van der Waals surface area contributed by atoms with Crippen LogP contribution in [0.15, 0.2) is 65.6 Å². The van der Waals surface area contributed by atoms with Gasteiger partial charge >= 0.3 is 6.18 Å². The first-order chi connectivity index (χ1) is 17.4. The molecule has 3 heterocycles. The van der Waals surface area contributed by atoms with Crippen LogP contribution in [0.25, 0.3) is 0 Å². The van der Waals surface area contributed by atoms with Crippen LogP contribution >= 0.6 is 0 Å². The zero-order valence-electron chi connectivity index (χ0n) is 19.2. The normalized spacial score (nSPS) is 14.4. The van der Waals surface area contributed by atoms with Gasteiger partial charge in [0.05, 0.1) is 28.5 Å². The minimum Gasteiger partial charge on any atom is -0.508 e. The van der Waals surface area contributed by atoms with Crippen molar-refractivity contribution < 1.29 is 31.8 Å². The van der Waals surface area contributed by atoms with Crippen LogP contribution in [0.3, 0.4) is 0 Å². The van der Waals surface area contributed by atoms with E-state index >= 15 is 0 Å². The number of H-pyrrole nitrogens is 1. The summed E-state index contributed by atoms with van der Waals surface area (Å²) in [6.45, 7) is 1.42. The number of fused-ring (bicyclic) bond motifs is 2. The Hall–Kier alpha value is -4.10. The van der Waals surface area contributed by atoms with Gasteiger partial charge < -0.3 is 15.5 Å². The van der Waals surface area contributed by atoms with Gasteiger partial charge in [-0.25, -0.2) is 13.4 Å². The van der Waals surface area contributed by atoms with Crippen molar-refractivity contribution in [1.82, 2.24) is 15.2 Å². The average molecular weight is 532 g/mol. The molecule has 4 aromatic rings. The number of hydrogen-bond acceptors (Lipinski definition) is 7. The van der Waals surface area contributed by atoms with E-state index < -0.39 is 28.0 Å². The lowest BCUT2D eigenvalue weighted by Crippen LogP contribution is -2.30. The first-order valence-corrected chi connectivity index (χ1v) is 12.4. The number of benzene rings is 2. The number of alkyl halides is 3. The molecular formula is C24H20F3N5O4S. The zero-order chi connectivity index (χ0) is 26.5. The van der Waals surface area contributed by atoms with E-state index in [1.165, 1.54) is 48.5 Å². The minimum absolute atomic E-state index is 0.0865. The Morgan fingerprint density at radius 3 is 2.43 bits per heavy atom. The fourth-order valence-electron chi connectivity index (χ4n) is 3.99. The molecule has 192 valence electrons. The van der Waals surface area contributed by atoms with Gasteiger partial charge in [-0.2, -0.15) is 18.3 Å². The van der Waals surface area contributed by atoms with Crippen LogP contribution < -0.4 is 9.62 Å². The summed E-state index contributed by atoms with van der Waals surface area (Å²) in [6, 6.07) is 12.9. The Kier molecular flexibility index (Phi) is 5.83. The molecule has 1 unspecified atom stereocenters. The molecule has 9 nitrogen and oxygen atoms in total. The molecule has 0 saturated carbocycles. The number of nitrogens with zero attached hydrogens (tertiary/aromatic N) is 3. The number of phenolic OH excluding ortho intramolecular Hbond substituents is 1. The highest BCUT2D eigenvalue weighted by atomic mass is 32.2. The highest BCUT2D eigenvalue weighted by Gasteiger charge is 2.36. The van der Waals surface area contributed by atoms with E-state index in [1.54, 1.807) is 13.0 Å². The standard InChI is InChI=1S/C24H20F3N5O4S/c1-13-10-19(31-30-13)22(34)14-2-8-18-20(11-14)32(37(35,36)17-6-4-16(33)5-7-17)12-15-3-9-21(24(25,26)27)29-23(15)28-18/h2-11,22,33-34H,12H2,1H3,(H,28,29)(H,30,31). The summed E-state index contributed by atoms with van der Waals surface area (Å²) in [7, 11) is -4.27. The van der Waals surface area contributed by atoms with Crippen LogP contribution in [-0.4, -0.2) is 33.8 Å². The van der Waals surface area contributed by atoms with Gasteiger partial charge in [-0.1, -0.05) is 12.1 Å². The van der Waals surface area contributed by atoms with Crippen molar-refractivity contribution in [2.24, 2.45) is 0 Å². The highest BCUT2D eigenvalue weighted by molar-refractivity contribution is 7.92. The largest absolute Gasteiger partial charge is 0.508 e. The van der Waals surface area contributed by atoms with Gasteiger partial charge in [-0.05, 0) is 61.0 Å². The molecule has 13 heteroatoms. The van der Waals surface area contributed by atoms with E-state index in [9.17, 15) is 31.8 Å². The molecule has 1 atom stereocenters. The molecule has 2 aromatic heterocycles. The van der Waals surface area contributed by atoms with Crippen LogP contribution in [0.4, 0.5) is 30.4 Å². The number of halogens is 3. The Bertz CT molecular complexity index is 1590. The maximum absolute atomic E-state index is 13.7. The van der Waals surface area contributed by atoms with Crippen molar-refractivity contribution in [1.29, 1.82) is 0 Å². The number of phenols is 1. The third kappa shape index (κ3) is 4.58. The summed E-state index contributed by atoms with van der Waals surface area (Å²) in [6.07, 6.45) is -5.90. The van der Waals surface area contributed by atoms with E-state index in [0.29, 0.717) is 17.0 Å². The second-order valence-electron chi connectivity index (χ2n) is 8.49. The minimum atomic E-state index is -4.70. The SMILES string of the molecule is Cc1cc(C(O)c2ccc3c(c2)N(S(=O)(=O)c2ccc(O)cc2)Cc2ccc(C(F)(F)F)nc2N3)n[nH]1. The molecule has 2 aromatic carbocycles. The maximum Gasteiger partial charge on any atom is 0.433 e. The number of sulfonamides is 1. The van der Waals surface area contributed by atoms with E-state index in [-0.39, 0.29) is 39.9 Å². The number of aromatic nitrogens is 3. The average Bonchev–Trinajstić information content (AvgIpc) is 3.21. The number of aryl methyl sites for hydroxylation is 1. The second kappa shape index (κ2) is 8.78. The number of rotatable bonds is 4. The number of aromatic amines is 1. The predicted molar refractivity (Wildman–Crippen MR) is 128 cm³/mol. The third-order valence-electron chi connectivity index (χ3n) is 5.87. The number of anilines is 3. The van der Waals surface area contributed by atoms with Crippen LogP contribution in [0.5, 0.6) is 5.75 Å². The van der Waals surface area contributed by atoms with Gasteiger partial charge in [-0.15, -0.1) is 0 Å². The molecule has 0 radical (unpaired) electrons. The number of nitrogens with one attached hydrogen (secondary N) is 2. The topological polar surface area (TPSA) is 131 Å². The van der Waals surface area contributed by atoms with E-state index in [4.69, 9.17) is 0 Å². The van der Waals surface area contributed by atoms with Crippen molar-refractivity contribution in [3.05, 3.63) is 88.9 Å². The molecule has 0 bridgehead atoms. The summed E-state index contributed by atoms with van der Waals surface area (Å²) >= 11 is 0. The van der Waals surface area contributed by atoms with Gasteiger partial charge in [0.2, 0.25) is 0 Å². The van der Waals surface area contributed by atoms with E-state index in [2.05, 4.69) is 20.5 Å². The maximum atomic E-state index is 13.7. The highest BCUT2D eigenvalue weighted by Crippen LogP contribution is 2.41. The number of pyridine rings is 1. The molecule has 37 heavy (non-hydrogen) atoms. The Morgan fingerprint density at radius 2 is 1.78 bits per heavy atom. The van der Waals surface area contributed by atoms with Crippen LogP contribution in [-0.2, 0) is 22.7 Å². The van der Waals surface area contributed by atoms with Crippen molar-refractivity contribution in [2.75, 3.05) is 9.62 Å². The molecule has 1 aliphatic rings. The van der Waals surface area contributed by atoms with Crippen molar-refractivity contribution >= 4 is 27.2 Å². The van der Waals surface area contributed by atoms with Gasteiger partial charge in [0, 0.05) is 11.3 Å². The van der Waals surface area contributed by atoms with Crippen LogP contribution in [0.1, 0.15) is 34.3 Å². The number of hydrogen-bond donors (Lipinski definition) is 4. The first kappa shape index (κ1) is 24.6. The molecule has 4 N–H and O–H groups in total. The van der Waals surface area contributed by atoms with Crippen molar-refractivity contribution in [2.45, 2.75) is 30.6 Å². The van der Waals surface area contributed by atoms with E-state index in [1.807, 2.05) is 0 Å². The molecule has 5 rings (SSSR count). The summed E-state index contributed by atoms with van der Waals surface area (Å²) in [5.41, 5.74) is 0.668. The predicted octanol–water partition coefficient (Wildman–Crippen LogP) is 4.37. The first-order valence-electron chi connectivity index (χ1n) is 10.9. The molecule has 0 saturated heterocycles. The zero-order valence-corrected chi connectivity index (χ0v) is 20.0. The summed E-state index contributed by atoms with van der Waals surface area (Å²) < 4.78 is 68.5. The monoisotopic (exact) mass is 531 g/mol. The number of aromatic hydroxyl groups is 1. The molecule has 0 spiro atoms. The lowest BCUT2D eigenvalue weighted by Gasteiger charge is -2.25. The van der Waals surface area contributed by atoms with Gasteiger partial charge in [0.25, 0.3) is 10.0 Å². The third-order valence-corrected chi connectivity index (χ3v) is 7.65. The molecular weight excluding hydrogens is 511 g/mol. The van der Waals surface area contributed by atoms with Crippen molar-refractivity contribution in [3.63, 3.8) is 0 Å². The summed E-state index contributed by atoms with van der Waals surface area (Å²) in [4.78, 5) is 3.55. The van der Waals surface area contributed by atoms with E-state index in [0.717, 1.165) is 10.4 Å². The Morgan fingerprint density at radius 1 is 1.05 bits per heavy atom. The summed E-state index contributed by atoms with van der Waals surface area (Å²) in [5.74, 6) is -0.276. The Labute approximate surface area is 209 Å².